The van der Waals surface area contributed by atoms with Crippen LogP contribution in [0.15, 0.2) is 47.1 Å². The molecule has 1 rings (SSSR count). The number of aliphatic hydroxyl groups excluding tert-OH is 2. The molecule has 6 nitrogen and oxygen atoms in total. The quantitative estimate of drug-likeness (QED) is 0.390. The normalized spacial score (nSPS) is 23.1. The summed E-state index contributed by atoms with van der Waals surface area (Å²) in [6.45, 7) is 10.4. The zero-order valence-electron chi connectivity index (χ0n) is 15.8. The molecular formula is C20H28O6. The van der Waals surface area contributed by atoms with Gasteiger partial charge in [0.15, 0.2) is 0 Å². The van der Waals surface area contributed by atoms with Gasteiger partial charge in [-0.3, -0.25) is 0 Å². The summed E-state index contributed by atoms with van der Waals surface area (Å²) in [6.07, 6.45) is 3.88. The van der Waals surface area contributed by atoms with E-state index in [1.807, 2.05) is 6.92 Å². The number of rotatable bonds is 8. The van der Waals surface area contributed by atoms with E-state index in [1.54, 1.807) is 39.0 Å². The minimum Gasteiger partial charge on any atom is -0.458 e. The number of cyclic esters (lactones) is 1. The van der Waals surface area contributed by atoms with Gasteiger partial charge in [-0.15, -0.1) is 0 Å². The molecule has 0 aromatic carbocycles. The van der Waals surface area contributed by atoms with Crippen molar-refractivity contribution in [2.75, 3.05) is 13.2 Å². The first-order chi connectivity index (χ1) is 12.2. The van der Waals surface area contributed by atoms with Gasteiger partial charge in [-0.1, -0.05) is 24.3 Å². The second kappa shape index (κ2) is 10.1. The molecule has 144 valence electrons. The topological polar surface area (TPSA) is 93.1 Å². The van der Waals surface area contributed by atoms with Crippen LogP contribution in [0.1, 0.15) is 34.1 Å². The van der Waals surface area contributed by atoms with Gasteiger partial charge in [-0.05, 0) is 39.3 Å². The average Bonchev–Trinajstić information content (AvgIpc) is 2.87. The monoisotopic (exact) mass is 364 g/mol. The first-order valence-corrected chi connectivity index (χ1v) is 8.53. The van der Waals surface area contributed by atoms with E-state index < -0.39 is 30.1 Å². The predicted molar refractivity (Wildman–Crippen MR) is 98.1 cm³/mol. The molecule has 0 spiro atoms. The van der Waals surface area contributed by atoms with Crippen LogP contribution in [0.5, 0.6) is 0 Å². The standard InChI is InChI=1S/C20H28O6/c1-6-14(4)19(23)25-16(9-12(2)7-8-21)18-15(5)20(24)26-17(18)10-13(3)11-22/h6-7,10,16-18,21-22H,5,8-9,11H2,1-4H3/b12-7+,13-10+,14-6-/t16-,17-,18-/m1/s1. The van der Waals surface area contributed by atoms with Gasteiger partial charge in [0.2, 0.25) is 0 Å². The van der Waals surface area contributed by atoms with Crippen LogP contribution >= 0.6 is 0 Å². The lowest BCUT2D eigenvalue weighted by molar-refractivity contribution is -0.147. The summed E-state index contributed by atoms with van der Waals surface area (Å²) in [7, 11) is 0. The van der Waals surface area contributed by atoms with Gasteiger partial charge in [0.05, 0.1) is 19.1 Å². The molecule has 1 aliphatic rings. The highest BCUT2D eigenvalue weighted by molar-refractivity contribution is 5.92. The zero-order chi connectivity index (χ0) is 19.9. The highest BCUT2D eigenvalue weighted by Crippen LogP contribution is 2.35. The van der Waals surface area contributed by atoms with Gasteiger partial charge < -0.3 is 19.7 Å². The number of aliphatic hydroxyl groups is 2. The summed E-state index contributed by atoms with van der Waals surface area (Å²) < 4.78 is 11.0. The van der Waals surface area contributed by atoms with Crippen LogP contribution in [-0.2, 0) is 19.1 Å². The Morgan fingerprint density at radius 3 is 2.50 bits per heavy atom. The van der Waals surface area contributed by atoms with E-state index in [0.717, 1.165) is 5.57 Å². The molecule has 1 heterocycles. The van der Waals surface area contributed by atoms with E-state index in [4.69, 9.17) is 14.6 Å². The highest BCUT2D eigenvalue weighted by atomic mass is 16.6. The molecule has 0 bridgehead atoms. The maximum absolute atomic E-state index is 12.3. The lowest BCUT2D eigenvalue weighted by Crippen LogP contribution is -2.33. The fourth-order valence-corrected chi connectivity index (χ4v) is 2.66. The highest BCUT2D eigenvalue weighted by Gasteiger charge is 2.44. The molecule has 26 heavy (non-hydrogen) atoms. The van der Waals surface area contributed by atoms with Crippen molar-refractivity contribution in [2.45, 2.75) is 46.3 Å². The van der Waals surface area contributed by atoms with E-state index >= 15 is 0 Å². The van der Waals surface area contributed by atoms with Crippen LogP contribution in [-0.4, -0.2) is 47.6 Å². The van der Waals surface area contributed by atoms with Gasteiger partial charge in [-0.25, -0.2) is 9.59 Å². The van der Waals surface area contributed by atoms with E-state index in [-0.39, 0.29) is 18.8 Å². The van der Waals surface area contributed by atoms with Crippen LogP contribution in [0, 0.1) is 5.92 Å². The smallest absolute Gasteiger partial charge is 0.334 e. The van der Waals surface area contributed by atoms with Crippen molar-refractivity contribution in [1.82, 2.24) is 0 Å². The van der Waals surface area contributed by atoms with Crippen molar-refractivity contribution in [3.05, 3.63) is 47.1 Å². The molecule has 0 radical (unpaired) electrons. The Balaban J connectivity index is 3.22. The Bertz CT molecular complexity index is 641. The maximum Gasteiger partial charge on any atom is 0.334 e. The van der Waals surface area contributed by atoms with Gasteiger partial charge in [0, 0.05) is 17.6 Å². The van der Waals surface area contributed by atoms with Crippen molar-refractivity contribution in [3.63, 3.8) is 0 Å². The number of hydrogen-bond acceptors (Lipinski definition) is 6. The Hall–Kier alpha value is -2.18. The molecule has 0 unspecified atom stereocenters. The van der Waals surface area contributed by atoms with E-state index in [1.165, 1.54) is 0 Å². The molecule has 0 amide bonds. The minimum atomic E-state index is -0.688. The molecule has 0 aromatic rings. The minimum absolute atomic E-state index is 0.131. The predicted octanol–water partition coefficient (Wildman–Crippen LogP) is 2.23. The zero-order valence-corrected chi connectivity index (χ0v) is 15.8. The lowest BCUT2D eigenvalue weighted by Gasteiger charge is -2.26. The Morgan fingerprint density at radius 2 is 1.96 bits per heavy atom. The summed E-state index contributed by atoms with van der Waals surface area (Å²) in [5, 5.41) is 18.3. The van der Waals surface area contributed by atoms with E-state index in [9.17, 15) is 14.7 Å². The SMILES string of the molecule is C=C1C(=O)O[C@H](/C=C(\C)CO)[C@H]1[C@@H](C/C(C)=C/CO)OC(=O)/C(C)=C\C. The Labute approximate surface area is 154 Å². The summed E-state index contributed by atoms with van der Waals surface area (Å²) in [5.41, 5.74) is 2.13. The third-order valence-electron chi connectivity index (χ3n) is 4.34. The number of ether oxygens (including phenoxy) is 2. The molecule has 0 aliphatic carbocycles. The molecule has 0 aromatic heterocycles. The maximum atomic E-state index is 12.3. The molecule has 6 heteroatoms. The Morgan fingerprint density at radius 1 is 1.31 bits per heavy atom. The Kier molecular flexibility index (Phi) is 8.48. The number of allylic oxidation sites excluding steroid dienone is 1. The van der Waals surface area contributed by atoms with Crippen LogP contribution in [0.4, 0.5) is 0 Å². The van der Waals surface area contributed by atoms with Crippen molar-refractivity contribution < 1.29 is 29.3 Å². The second-order valence-electron chi connectivity index (χ2n) is 6.44. The molecule has 3 atom stereocenters. The fourth-order valence-electron chi connectivity index (χ4n) is 2.66. The van der Waals surface area contributed by atoms with E-state index in [2.05, 4.69) is 6.58 Å². The molecule has 1 fully saturated rings. The molecule has 0 saturated carbocycles. The summed E-state index contributed by atoms with van der Waals surface area (Å²) in [4.78, 5) is 24.3. The molecule has 2 N–H and O–H groups in total. The summed E-state index contributed by atoms with van der Waals surface area (Å²) in [5.74, 6) is -1.60. The fraction of sp³-hybridized carbons (Fsp3) is 0.500. The summed E-state index contributed by atoms with van der Waals surface area (Å²) in [6, 6.07) is 0. The van der Waals surface area contributed by atoms with Crippen LogP contribution in [0.3, 0.4) is 0 Å². The van der Waals surface area contributed by atoms with Gasteiger partial charge >= 0.3 is 11.9 Å². The first kappa shape index (κ1) is 21.9. The molecule has 1 aliphatic heterocycles. The third kappa shape index (κ3) is 5.68. The van der Waals surface area contributed by atoms with Crippen molar-refractivity contribution in [2.24, 2.45) is 5.92 Å². The van der Waals surface area contributed by atoms with Gasteiger partial charge in [0.25, 0.3) is 0 Å². The number of esters is 2. The van der Waals surface area contributed by atoms with Crippen molar-refractivity contribution >= 4 is 11.9 Å². The van der Waals surface area contributed by atoms with Gasteiger partial charge in [-0.2, -0.15) is 0 Å². The number of carbonyl (C=O) groups is 2. The largest absolute Gasteiger partial charge is 0.458 e. The lowest BCUT2D eigenvalue weighted by atomic mass is 9.86. The molecular weight excluding hydrogens is 336 g/mol. The first-order valence-electron chi connectivity index (χ1n) is 8.53. The number of carbonyl (C=O) groups excluding carboxylic acids is 2. The van der Waals surface area contributed by atoms with Crippen LogP contribution < -0.4 is 0 Å². The average molecular weight is 364 g/mol. The molecule has 1 saturated heterocycles. The number of hydrogen-bond donors (Lipinski definition) is 2. The summed E-state index contributed by atoms with van der Waals surface area (Å²) >= 11 is 0. The van der Waals surface area contributed by atoms with Gasteiger partial charge in [0.1, 0.15) is 12.2 Å². The van der Waals surface area contributed by atoms with E-state index in [0.29, 0.717) is 17.6 Å². The van der Waals surface area contributed by atoms with Crippen molar-refractivity contribution in [3.8, 4) is 0 Å². The second-order valence-corrected chi connectivity index (χ2v) is 6.44. The third-order valence-corrected chi connectivity index (χ3v) is 4.34. The van der Waals surface area contributed by atoms with Crippen molar-refractivity contribution in [1.29, 1.82) is 0 Å². The van der Waals surface area contributed by atoms with Crippen LogP contribution in [0.25, 0.3) is 0 Å². The van der Waals surface area contributed by atoms with Crippen LogP contribution in [0.2, 0.25) is 0 Å².